The molecule has 1 aliphatic rings. The minimum atomic E-state index is -0.571. The summed E-state index contributed by atoms with van der Waals surface area (Å²) < 4.78 is 5.42. The molecule has 0 atom stereocenters. The molecule has 1 amide bonds. The molecule has 0 spiro atoms. The van der Waals surface area contributed by atoms with Crippen molar-refractivity contribution >= 4 is 5.91 Å². The van der Waals surface area contributed by atoms with Gasteiger partial charge in [0.25, 0.3) is 0 Å². The molecule has 1 saturated carbocycles. The van der Waals surface area contributed by atoms with Crippen LogP contribution < -0.4 is 11.1 Å². The van der Waals surface area contributed by atoms with E-state index in [9.17, 15) is 4.79 Å². The third-order valence-electron chi connectivity index (χ3n) is 2.90. The van der Waals surface area contributed by atoms with Gasteiger partial charge in [0.1, 0.15) is 0 Å². The minimum absolute atomic E-state index is 0.00242. The molecule has 16 heavy (non-hydrogen) atoms. The lowest BCUT2D eigenvalue weighted by Crippen LogP contribution is -2.58. The van der Waals surface area contributed by atoms with E-state index in [1.54, 1.807) is 0 Å². The van der Waals surface area contributed by atoms with Gasteiger partial charge >= 0.3 is 0 Å². The van der Waals surface area contributed by atoms with E-state index in [2.05, 4.69) is 19.2 Å². The standard InChI is InChI=1S/C12H24N2O2/c1-10(2)9-16-8-4-7-14-11(15)12(13)5-3-6-12/h10H,3-9,13H2,1-2H3,(H,14,15). The predicted molar refractivity (Wildman–Crippen MR) is 64.1 cm³/mol. The normalized spacial score (nSPS) is 18.2. The Kier molecular flexibility index (Phi) is 5.22. The summed E-state index contributed by atoms with van der Waals surface area (Å²) in [5.41, 5.74) is 5.31. The lowest BCUT2D eigenvalue weighted by molar-refractivity contribution is -0.129. The highest BCUT2D eigenvalue weighted by atomic mass is 16.5. The van der Waals surface area contributed by atoms with Crippen LogP contribution in [0.15, 0.2) is 0 Å². The molecule has 0 aromatic rings. The van der Waals surface area contributed by atoms with E-state index in [4.69, 9.17) is 10.5 Å². The topological polar surface area (TPSA) is 64.3 Å². The zero-order valence-corrected chi connectivity index (χ0v) is 10.4. The summed E-state index contributed by atoms with van der Waals surface area (Å²) in [6.45, 7) is 6.40. The average Bonchev–Trinajstić information content (AvgIpc) is 2.18. The van der Waals surface area contributed by atoms with Crippen LogP contribution in [0.25, 0.3) is 0 Å². The molecular weight excluding hydrogens is 204 g/mol. The summed E-state index contributed by atoms with van der Waals surface area (Å²) in [4.78, 5) is 11.6. The SMILES string of the molecule is CC(C)COCCCNC(=O)C1(N)CCC1. The van der Waals surface area contributed by atoms with Crippen molar-refractivity contribution in [3.8, 4) is 0 Å². The summed E-state index contributed by atoms with van der Waals surface area (Å²) in [5, 5.41) is 2.87. The first kappa shape index (κ1) is 13.5. The number of hydrogen-bond donors (Lipinski definition) is 2. The smallest absolute Gasteiger partial charge is 0.240 e. The molecule has 1 aliphatic carbocycles. The van der Waals surface area contributed by atoms with Crippen LogP contribution in [0.4, 0.5) is 0 Å². The molecule has 0 aromatic carbocycles. The largest absolute Gasteiger partial charge is 0.381 e. The molecule has 0 heterocycles. The first-order chi connectivity index (χ1) is 7.54. The number of carbonyl (C=O) groups excluding carboxylic acids is 1. The monoisotopic (exact) mass is 228 g/mol. The van der Waals surface area contributed by atoms with E-state index < -0.39 is 5.54 Å². The van der Waals surface area contributed by atoms with Crippen molar-refractivity contribution in [2.45, 2.75) is 45.1 Å². The van der Waals surface area contributed by atoms with Crippen molar-refractivity contribution in [2.75, 3.05) is 19.8 Å². The van der Waals surface area contributed by atoms with E-state index in [-0.39, 0.29) is 5.91 Å². The second-order valence-electron chi connectivity index (χ2n) is 5.09. The van der Waals surface area contributed by atoms with Crippen molar-refractivity contribution in [1.82, 2.24) is 5.32 Å². The maximum Gasteiger partial charge on any atom is 0.240 e. The van der Waals surface area contributed by atoms with Crippen molar-refractivity contribution in [1.29, 1.82) is 0 Å². The van der Waals surface area contributed by atoms with Gasteiger partial charge in [-0.15, -0.1) is 0 Å². The molecule has 0 aromatic heterocycles. The van der Waals surface area contributed by atoms with Crippen LogP contribution in [0.3, 0.4) is 0 Å². The molecule has 4 heteroatoms. The minimum Gasteiger partial charge on any atom is -0.381 e. The fourth-order valence-corrected chi connectivity index (χ4v) is 1.66. The Morgan fingerprint density at radius 3 is 2.69 bits per heavy atom. The third-order valence-corrected chi connectivity index (χ3v) is 2.90. The van der Waals surface area contributed by atoms with Crippen molar-refractivity contribution < 1.29 is 9.53 Å². The summed E-state index contributed by atoms with van der Waals surface area (Å²) in [5.74, 6) is 0.569. The van der Waals surface area contributed by atoms with E-state index in [0.29, 0.717) is 19.1 Å². The number of carbonyl (C=O) groups is 1. The Balaban J connectivity index is 1.97. The molecule has 1 rings (SSSR count). The van der Waals surface area contributed by atoms with E-state index in [1.165, 1.54) is 0 Å². The van der Waals surface area contributed by atoms with Crippen LogP contribution in [0, 0.1) is 5.92 Å². The number of nitrogens with two attached hydrogens (primary N) is 1. The fraction of sp³-hybridized carbons (Fsp3) is 0.917. The van der Waals surface area contributed by atoms with Gasteiger partial charge in [0.05, 0.1) is 5.54 Å². The number of rotatable bonds is 7. The Hall–Kier alpha value is -0.610. The molecule has 0 bridgehead atoms. The van der Waals surface area contributed by atoms with Gasteiger partial charge in [0, 0.05) is 19.8 Å². The van der Waals surface area contributed by atoms with Crippen LogP contribution in [0.5, 0.6) is 0 Å². The highest BCUT2D eigenvalue weighted by Crippen LogP contribution is 2.28. The Morgan fingerprint density at radius 1 is 1.50 bits per heavy atom. The van der Waals surface area contributed by atoms with Crippen LogP contribution >= 0.6 is 0 Å². The van der Waals surface area contributed by atoms with Gasteiger partial charge < -0.3 is 15.8 Å². The maximum absolute atomic E-state index is 11.6. The highest BCUT2D eigenvalue weighted by Gasteiger charge is 2.39. The molecule has 4 nitrogen and oxygen atoms in total. The zero-order chi connectivity index (χ0) is 12.0. The van der Waals surface area contributed by atoms with Crippen LogP contribution in [-0.4, -0.2) is 31.2 Å². The molecular formula is C12H24N2O2. The maximum atomic E-state index is 11.6. The number of nitrogens with one attached hydrogen (secondary N) is 1. The Bertz CT molecular complexity index is 225. The molecule has 94 valence electrons. The summed E-state index contributed by atoms with van der Waals surface area (Å²) in [7, 11) is 0. The van der Waals surface area contributed by atoms with Crippen LogP contribution in [-0.2, 0) is 9.53 Å². The van der Waals surface area contributed by atoms with Gasteiger partial charge in [-0.1, -0.05) is 13.8 Å². The van der Waals surface area contributed by atoms with Gasteiger partial charge in [-0.2, -0.15) is 0 Å². The molecule has 3 N–H and O–H groups in total. The fourth-order valence-electron chi connectivity index (χ4n) is 1.66. The number of amides is 1. The zero-order valence-electron chi connectivity index (χ0n) is 10.4. The second kappa shape index (κ2) is 6.21. The molecule has 0 saturated heterocycles. The van der Waals surface area contributed by atoms with Crippen molar-refractivity contribution in [3.05, 3.63) is 0 Å². The van der Waals surface area contributed by atoms with Gasteiger partial charge in [0.15, 0.2) is 0 Å². The Morgan fingerprint density at radius 2 is 2.19 bits per heavy atom. The summed E-state index contributed by atoms with van der Waals surface area (Å²) in [6.07, 6.45) is 3.57. The average molecular weight is 228 g/mol. The van der Waals surface area contributed by atoms with Gasteiger partial charge in [-0.3, -0.25) is 4.79 Å². The van der Waals surface area contributed by atoms with Crippen LogP contribution in [0.2, 0.25) is 0 Å². The third kappa shape index (κ3) is 4.10. The van der Waals surface area contributed by atoms with Crippen molar-refractivity contribution in [2.24, 2.45) is 11.7 Å². The lowest BCUT2D eigenvalue weighted by atomic mass is 9.77. The highest BCUT2D eigenvalue weighted by molar-refractivity contribution is 5.86. The number of ether oxygens (including phenoxy) is 1. The summed E-state index contributed by atoms with van der Waals surface area (Å²) in [6, 6.07) is 0. The van der Waals surface area contributed by atoms with E-state index in [1.807, 2.05) is 0 Å². The van der Waals surface area contributed by atoms with Gasteiger partial charge in [-0.05, 0) is 31.6 Å². The quantitative estimate of drug-likeness (QED) is 0.640. The molecule has 1 fully saturated rings. The molecule has 0 radical (unpaired) electrons. The Labute approximate surface area is 97.9 Å². The first-order valence-electron chi connectivity index (χ1n) is 6.19. The van der Waals surface area contributed by atoms with Gasteiger partial charge in [0.2, 0.25) is 5.91 Å². The van der Waals surface area contributed by atoms with Crippen molar-refractivity contribution in [3.63, 3.8) is 0 Å². The van der Waals surface area contributed by atoms with E-state index in [0.717, 1.165) is 32.3 Å². The summed E-state index contributed by atoms with van der Waals surface area (Å²) >= 11 is 0. The number of hydrogen-bond acceptors (Lipinski definition) is 3. The van der Waals surface area contributed by atoms with Gasteiger partial charge in [-0.25, -0.2) is 0 Å². The first-order valence-corrected chi connectivity index (χ1v) is 6.19. The molecule has 0 aliphatic heterocycles. The predicted octanol–water partition coefficient (Wildman–Crippen LogP) is 1.05. The lowest BCUT2D eigenvalue weighted by Gasteiger charge is -2.36. The molecule has 0 unspecified atom stereocenters. The second-order valence-corrected chi connectivity index (χ2v) is 5.09. The van der Waals surface area contributed by atoms with Crippen LogP contribution in [0.1, 0.15) is 39.5 Å². The van der Waals surface area contributed by atoms with E-state index >= 15 is 0 Å².